The lowest BCUT2D eigenvalue weighted by Crippen LogP contribution is -2.40. The van der Waals surface area contributed by atoms with E-state index in [1.165, 1.54) is 37.4 Å². The van der Waals surface area contributed by atoms with E-state index in [1.807, 2.05) is 34.9 Å². The van der Waals surface area contributed by atoms with Gasteiger partial charge in [0.25, 0.3) is 0 Å². The third-order valence-electron chi connectivity index (χ3n) is 6.80. The zero-order chi connectivity index (χ0) is 21.2. The quantitative estimate of drug-likeness (QED) is 0.522. The average molecular weight is 437 g/mol. The maximum Gasteiger partial charge on any atom is 0.230 e. The number of carbonyl (C=O) groups is 1. The van der Waals surface area contributed by atoms with Gasteiger partial charge < -0.3 is 9.73 Å². The monoisotopic (exact) mass is 436 g/mol. The highest BCUT2D eigenvalue weighted by Gasteiger charge is 2.42. The minimum Gasteiger partial charge on any atom is -0.461 e. The molecule has 4 atom stereocenters. The van der Waals surface area contributed by atoms with E-state index in [2.05, 4.69) is 34.6 Å². The van der Waals surface area contributed by atoms with Crippen LogP contribution in [0.1, 0.15) is 38.2 Å². The van der Waals surface area contributed by atoms with Crippen molar-refractivity contribution in [3.05, 3.63) is 54.3 Å². The molecule has 1 aromatic carbocycles. The summed E-state index contributed by atoms with van der Waals surface area (Å²) in [5.41, 5.74) is 1.14. The van der Waals surface area contributed by atoms with E-state index < -0.39 is 0 Å². The van der Waals surface area contributed by atoms with Crippen LogP contribution in [-0.4, -0.2) is 32.5 Å². The molecule has 3 aromatic rings. The summed E-state index contributed by atoms with van der Waals surface area (Å²) in [5, 5.41) is 12.7. The van der Waals surface area contributed by atoms with Gasteiger partial charge in [-0.2, -0.15) is 0 Å². The van der Waals surface area contributed by atoms with Crippen molar-refractivity contribution in [1.82, 2.24) is 20.1 Å². The number of rotatable bonds is 8. The third-order valence-corrected chi connectivity index (χ3v) is 7.76. The zero-order valence-corrected chi connectivity index (χ0v) is 18.6. The third kappa shape index (κ3) is 4.42. The Morgan fingerprint density at radius 3 is 2.77 bits per heavy atom. The second kappa shape index (κ2) is 8.91. The van der Waals surface area contributed by atoms with E-state index in [4.69, 9.17) is 4.42 Å². The highest BCUT2D eigenvalue weighted by Crippen LogP contribution is 2.49. The number of amides is 1. The number of carbonyl (C=O) groups excluding carboxylic acids is 1. The van der Waals surface area contributed by atoms with Gasteiger partial charge in [-0.3, -0.25) is 9.36 Å². The number of furan rings is 1. The fourth-order valence-electron chi connectivity index (χ4n) is 5.33. The zero-order valence-electron chi connectivity index (χ0n) is 17.7. The Bertz CT molecular complexity index is 1020. The van der Waals surface area contributed by atoms with E-state index in [9.17, 15) is 4.79 Å². The van der Waals surface area contributed by atoms with Crippen molar-refractivity contribution in [2.75, 3.05) is 5.75 Å². The first kappa shape index (κ1) is 20.4. The van der Waals surface area contributed by atoms with Crippen LogP contribution in [0.3, 0.4) is 0 Å². The molecule has 2 saturated carbocycles. The van der Waals surface area contributed by atoms with Gasteiger partial charge >= 0.3 is 0 Å². The number of fused-ring (bicyclic) bond motifs is 2. The minimum absolute atomic E-state index is 0.0640. The average Bonchev–Trinajstić information content (AvgIpc) is 3.57. The summed E-state index contributed by atoms with van der Waals surface area (Å²) in [7, 11) is 0. The Morgan fingerprint density at radius 1 is 1.19 bits per heavy atom. The molecule has 31 heavy (non-hydrogen) atoms. The molecular weight excluding hydrogens is 408 g/mol. The second-order valence-electron chi connectivity index (χ2n) is 8.84. The summed E-state index contributed by atoms with van der Waals surface area (Å²) in [5.74, 6) is 4.07. The fourth-order valence-corrected chi connectivity index (χ4v) is 6.08. The van der Waals surface area contributed by atoms with Crippen LogP contribution in [-0.2, 0) is 11.3 Å². The van der Waals surface area contributed by atoms with Crippen LogP contribution in [0.2, 0.25) is 0 Å². The van der Waals surface area contributed by atoms with Crippen molar-refractivity contribution in [3.8, 4) is 11.6 Å². The lowest BCUT2D eigenvalue weighted by Gasteiger charge is -2.28. The molecule has 2 fully saturated rings. The molecule has 5 rings (SSSR count). The highest BCUT2D eigenvalue weighted by atomic mass is 32.2. The molecule has 2 aliphatic carbocycles. The summed E-state index contributed by atoms with van der Waals surface area (Å²) in [6.45, 7) is 2.79. The van der Waals surface area contributed by atoms with Crippen LogP contribution in [0.4, 0.5) is 0 Å². The molecule has 4 unspecified atom stereocenters. The Morgan fingerprint density at radius 2 is 2.06 bits per heavy atom. The predicted octanol–water partition coefficient (Wildman–Crippen LogP) is 4.62. The van der Waals surface area contributed by atoms with Crippen LogP contribution < -0.4 is 5.32 Å². The summed E-state index contributed by atoms with van der Waals surface area (Å²) in [6, 6.07) is 14.1. The first-order valence-corrected chi connectivity index (χ1v) is 12.1. The van der Waals surface area contributed by atoms with E-state index in [0.717, 1.165) is 22.6 Å². The van der Waals surface area contributed by atoms with Gasteiger partial charge in [-0.05, 0) is 61.6 Å². The van der Waals surface area contributed by atoms with Crippen molar-refractivity contribution in [3.63, 3.8) is 0 Å². The molecule has 2 bridgehead atoms. The maximum absolute atomic E-state index is 12.7. The maximum atomic E-state index is 12.7. The number of hydrogen-bond donors (Lipinski definition) is 1. The first-order chi connectivity index (χ1) is 15.2. The van der Waals surface area contributed by atoms with E-state index in [0.29, 0.717) is 29.8 Å². The van der Waals surface area contributed by atoms with Gasteiger partial charge in [-0.15, -0.1) is 10.2 Å². The molecule has 0 radical (unpaired) electrons. The number of thioether (sulfide) groups is 1. The van der Waals surface area contributed by atoms with Crippen LogP contribution in [0.5, 0.6) is 0 Å². The Balaban J connectivity index is 1.26. The number of aromatic nitrogens is 3. The van der Waals surface area contributed by atoms with Crippen molar-refractivity contribution in [1.29, 1.82) is 0 Å². The smallest absolute Gasteiger partial charge is 0.230 e. The summed E-state index contributed by atoms with van der Waals surface area (Å²) in [6.07, 6.45) is 6.98. The van der Waals surface area contributed by atoms with Gasteiger partial charge in [0.1, 0.15) is 0 Å². The van der Waals surface area contributed by atoms with Gasteiger partial charge in [-0.1, -0.05) is 48.5 Å². The molecule has 2 aromatic heterocycles. The lowest BCUT2D eigenvalue weighted by molar-refractivity contribution is -0.119. The largest absolute Gasteiger partial charge is 0.461 e. The van der Waals surface area contributed by atoms with Gasteiger partial charge in [0, 0.05) is 6.04 Å². The van der Waals surface area contributed by atoms with Gasteiger partial charge in [0.05, 0.1) is 18.6 Å². The SMILES string of the molecule is CC(NC(=O)CSc1nnc(-c2ccco2)n1Cc1ccccc1)C1CC2CCC1C2. The molecule has 162 valence electrons. The molecule has 2 aliphatic rings. The molecular formula is C24H28N4O2S. The summed E-state index contributed by atoms with van der Waals surface area (Å²) >= 11 is 1.43. The van der Waals surface area contributed by atoms with Crippen LogP contribution in [0.15, 0.2) is 58.3 Å². The van der Waals surface area contributed by atoms with Crippen molar-refractivity contribution >= 4 is 17.7 Å². The predicted molar refractivity (Wildman–Crippen MR) is 121 cm³/mol. The van der Waals surface area contributed by atoms with E-state index in [1.54, 1.807) is 6.26 Å². The topological polar surface area (TPSA) is 73.0 Å². The molecule has 0 saturated heterocycles. The molecule has 1 amide bonds. The number of nitrogens with one attached hydrogen (secondary N) is 1. The molecule has 1 N–H and O–H groups in total. The Labute approximate surface area is 186 Å². The van der Waals surface area contributed by atoms with Crippen molar-refractivity contribution in [2.45, 2.75) is 50.4 Å². The normalized spacial score (nSPS) is 23.2. The lowest BCUT2D eigenvalue weighted by atomic mass is 9.84. The molecule has 0 aliphatic heterocycles. The summed E-state index contributed by atoms with van der Waals surface area (Å²) in [4.78, 5) is 12.7. The Hall–Kier alpha value is -2.54. The second-order valence-corrected chi connectivity index (χ2v) is 9.78. The number of benzene rings is 1. The fraction of sp³-hybridized carbons (Fsp3) is 0.458. The minimum atomic E-state index is 0.0640. The van der Waals surface area contributed by atoms with E-state index >= 15 is 0 Å². The van der Waals surface area contributed by atoms with Crippen LogP contribution in [0.25, 0.3) is 11.6 Å². The van der Waals surface area contributed by atoms with Crippen LogP contribution in [0, 0.1) is 17.8 Å². The van der Waals surface area contributed by atoms with Crippen LogP contribution >= 0.6 is 11.8 Å². The molecule has 0 spiro atoms. The Kier molecular flexibility index (Phi) is 5.85. The van der Waals surface area contributed by atoms with Gasteiger partial charge in [0.2, 0.25) is 11.7 Å². The summed E-state index contributed by atoms with van der Waals surface area (Å²) < 4.78 is 7.58. The van der Waals surface area contributed by atoms with Gasteiger partial charge in [-0.25, -0.2) is 0 Å². The number of hydrogen-bond acceptors (Lipinski definition) is 5. The van der Waals surface area contributed by atoms with E-state index in [-0.39, 0.29) is 11.9 Å². The standard InChI is InChI=1S/C24H28N4O2S/c1-16(20-13-18-9-10-19(20)12-18)25-22(29)15-31-24-27-26-23(21-8-5-11-30-21)28(24)14-17-6-3-2-4-7-17/h2-8,11,16,18-20H,9-10,12-15H2,1H3,(H,25,29). The molecule has 2 heterocycles. The first-order valence-electron chi connectivity index (χ1n) is 11.1. The number of nitrogens with zero attached hydrogens (tertiary/aromatic N) is 3. The van der Waals surface area contributed by atoms with Gasteiger partial charge in [0.15, 0.2) is 10.9 Å². The highest BCUT2D eigenvalue weighted by molar-refractivity contribution is 7.99. The molecule has 6 nitrogen and oxygen atoms in total. The van der Waals surface area contributed by atoms with Crippen molar-refractivity contribution in [2.24, 2.45) is 17.8 Å². The van der Waals surface area contributed by atoms with Crippen molar-refractivity contribution < 1.29 is 9.21 Å². The molecule has 7 heteroatoms.